The van der Waals surface area contributed by atoms with E-state index in [-0.39, 0.29) is 23.8 Å². The molecule has 0 fully saturated rings. The molecule has 0 radical (unpaired) electrons. The van der Waals surface area contributed by atoms with Crippen molar-refractivity contribution in [1.29, 1.82) is 0 Å². The number of halogens is 1. The molecule has 0 unspecified atom stereocenters. The number of hydrogen-bond donors (Lipinski definition) is 2. The lowest BCUT2D eigenvalue weighted by Gasteiger charge is -2.08. The van der Waals surface area contributed by atoms with Gasteiger partial charge < -0.3 is 15.2 Å². The minimum Gasteiger partial charge on any atom is -0.508 e. The minimum atomic E-state index is -0.408. The first-order valence-electron chi connectivity index (χ1n) is 6.96. The molecule has 0 aliphatic heterocycles. The molecule has 116 valence electrons. The Bertz CT molecular complexity index is 658. The van der Waals surface area contributed by atoms with Gasteiger partial charge in [-0.1, -0.05) is 24.3 Å². The first-order valence-corrected chi connectivity index (χ1v) is 6.96. The summed E-state index contributed by atoms with van der Waals surface area (Å²) < 4.78 is 18.2. The van der Waals surface area contributed by atoms with Crippen molar-refractivity contribution in [3.05, 3.63) is 59.4 Å². The number of carbonyl (C=O) groups is 1. The maximum absolute atomic E-state index is 13.3. The van der Waals surface area contributed by atoms with Gasteiger partial charge in [0.25, 0.3) is 0 Å². The van der Waals surface area contributed by atoms with Gasteiger partial charge in [-0.25, -0.2) is 4.39 Å². The largest absolute Gasteiger partial charge is 0.508 e. The van der Waals surface area contributed by atoms with Gasteiger partial charge >= 0.3 is 0 Å². The van der Waals surface area contributed by atoms with Crippen LogP contribution in [0, 0.1) is 5.82 Å². The molecular formula is C17H18FNO3. The van der Waals surface area contributed by atoms with Crippen LogP contribution in [0.15, 0.2) is 42.5 Å². The Morgan fingerprint density at radius 1 is 1.27 bits per heavy atom. The number of nitrogens with one attached hydrogen (secondary N) is 1. The predicted octanol–water partition coefficient (Wildman–Crippen LogP) is 2.44. The molecule has 2 N–H and O–H groups in total. The van der Waals surface area contributed by atoms with E-state index < -0.39 is 5.82 Å². The lowest BCUT2D eigenvalue weighted by Crippen LogP contribution is -2.27. The van der Waals surface area contributed by atoms with Gasteiger partial charge in [0, 0.05) is 12.1 Å². The van der Waals surface area contributed by atoms with Crippen LogP contribution >= 0.6 is 0 Å². The summed E-state index contributed by atoms with van der Waals surface area (Å²) in [5, 5.41) is 12.4. The number of para-hydroxylation sites is 1. The molecule has 0 bridgehead atoms. The van der Waals surface area contributed by atoms with Crippen LogP contribution in [-0.4, -0.2) is 24.7 Å². The Kier molecular flexibility index (Phi) is 5.36. The molecule has 2 rings (SSSR count). The molecule has 0 spiro atoms. The molecular weight excluding hydrogens is 285 g/mol. The zero-order valence-corrected chi connectivity index (χ0v) is 12.3. The van der Waals surface area contributed by atoms with E-state index in [9.17, 15) is 14.3 Å². The van der Waals surface area contributed by atoms with Crippen LogP contribution in [0.2, 0.25) is 0 Å². The Hall–Kier alpha value is -2.56. The second-order valence-electron chi connectivity index (χ2n) is 4.87. The summed E-state index contributed by atoms with van der Waals surface area (Å²) in [5.41, 5.74) is 1.46. The van der Waals surface area contributed by atoms with Gasteiger partial charge in [-0.15, -0.1) is 0 Å². The van der Waals surface area contributed by atoms with E-state index in [1.165, 1.54) is 13.2 Å². The maximum Gasteiger partial charge on any atom is 0.224 e. The average Bonchev–Trinajstić information content (AvgIpc) is 2.51. The van der Waals surface area contributed by atoms with E-state index in [0.717, 1.165) is 5.56 Å². The average molecular weight is 303 g/mol. The standard InChI is InChI=1S/C17H18FNO3/c1-22-16-10-12(6-7-14(16)18)8-9-19-17(21)11-13-4-2-3-5-15(13)20/h2-7,10,20H,8-9,11H2,1H3,(H,19,21). The third-order valence-corrected chi connectivity index (χ3v) is 3.29. The number of amides is 1. The highest BCUT2D eigenvalue weighted by Gasteiger charge is 2.07. The highest BCUT2D eigenvalue weighted by atomic mass is 19.1. The van der Waals surface area contributed by atoms with Gasteiger partial charge in [0.05, 0.1) is 13.5 Å². The summed E-state index contributed by atoms with van der Waals surface area (Å²) in [5.74, 6) is -0.274. The van der Waals surface area contributed by atoms with E-state index >= 15 is 0 Å². The number of benzene rings is 2. The maximum atomic E-state index is 13.3. The van der Waals surface area contributed by atoms with Crippen LogP contribution in [0.5, 0.6) is 11.5 Å². The molecule has 2 aromatic rings. The minimum absolute atomic E-state index is 0.112. The summed E-state index contributed by atoms with van der Waals surface area (Å²) in [6.07, 6.45) is 0.697. The number of hydrogen-bond acceptors (Lipinski definition) is 3. The topological polar surface area (TPSA) is 58.6 Å². The van der Waals surface area contributed by atoms with E-state index in [4.69, 9.17) is 4.74 Å². The van der Waals surface area contributed by atoms with Crippen molar-refractivity contribution in [2.45, 2.75) is 12.8 Å². The van der Waals surface area contributed by atoms with Gasteiger partial charge in [0.1, 0.15) is 5.75 Å². The number of aromatic hydroxyl groups is 1. The van der Waals surface area contributed by atoms with Crippen LogP contribution in [0.3, 0.4) is 0 Å². The van der Waals surface area contributed by atoms with Crippen molar-refractivity contribution >= 4 is 5.91 Å². The van der Waals surface area contributed by atoms with Crippen LogP contribution < -0.4 is 10.1 Å². The van der Waals surface area contributed by atoms with Gasteiger partial charge in [-0.2, -0.15) is 0 Å². The van der Waals surface area contributed by atoms with E-state index in [2.05, 4.69) is 5.32 Å². The molecule has 2 aromatic carbocycles. The smallest absolute Gasteiger partial charge is 0.224 e. The highest BCUT2D eigenvalue weighted by Crippen LogP contribution is 2.18. The fourth-order valence-electron chi connectivity index (χ4n) is 2.10. The molecule has 0 aromatic heterocycles. The third kappa shape index (κ3) is 4.22. The molecule has 0 saturated carbocycles. The second-order valence-corrected chi connectivity index (χ2v) is 4.87. The Labute approximate surface area is 128 Å². The normalized spacial score (nSPS) is 10.3. The fourth-order valence-corrected chi connectivity index (χ4v) is 2.10. The molecule has 1 amide bonds. The predicted molar refractivity (Wildman–Crippen MR) is 81.5 cm³/mol. The van der Waals surface area contributed by atoms with Crippen LogP contribution in [0.1, 0.15) is 11.1 Å². The monoisotopic (exact) mass is 303 g/mol. The summed E-state index contributed by atoms with van der Waals surface area (Å²) in [6, 6.07) is 11.4. The molecule has 0 saturated heterocycles. The molecule has 0 aliphatic carbocycles. The Balaban J connectivity index is 1.83. The van der Waals surface area contributed by atoms with Crippen molar-refractivity contribution in [2.75, 3.05) is 13.7 Å². The van der Waals surface area contributed by atoms with Crippen molar-refractivity contribution < 1.29 is 19.0 Å². The van der Waals surface area contributed by atoms with Crippen molar-refractivity contribution in [2.24, 2.45) is 0 Å². The van der Waals surface area contributed by atoms with Crippen molar-refractivity contribution in [3.8, 4) is 11.5 Å². The van der Waals surface area contributed by atoms with Gasteiger partial charge in [-0.3, -0.25) is 4.79 Å². The zero-order chi connectivity index (χ0) is 15.9. The number of methoxy groups -OCH3 is 1. The van der Waals surface area contributed by atoms with Crippen molar-refractivity contribution in [1.82, 2.24) is 5.32 Å². The summed E-state index contributed by atoms with van der Waals surface area (Å²) in [7, 11) is 1.41. The Morgan fingerprint density at radius 3 is 2.77 bits per heavy atom. The van der Waals surface area contributed by atoms with Crippen LogP contribution in [-0.2, 0) is 17.6 Å². The van der Waals surface area contributed by atoms with E-state index in [1.54, 1.807) is 36.4 Å². The lowest BCUT2D eigenvalue weighted by molar-refractivity contribution is -0.120. The van der Waals surface area contributed by atoms with Crippen LogP contribution in [0.25, 0.3) is 0 Å². The second kappa shape index (κ2) is 7.45. The van der Waals surface area contributed by atoms with E-state index in [1.807, 2.05) is 0 Å². The summed E-state index contributed by atoms with van der Waals surface area (Å²) in [4.78, 5) is 11.8. The van der Waals surface area contributed by atoms with E-state index in [0.29, 0.717) is 18.5 Å². The number of ether oxygens (including phenoxy) is 1. The number of carbonyl (C=O) groups excluding carboxylic acids is 1. The number of phenols is 1. The molecule has 0 aliphatic rings. The SMILES string of the molecule is COc1cc(CCNC(=O)Cc2ccccc2O)ccc1F. The quantitative estimate of drug-likeness (QED) is 0.862. The molecule has 5 heteroatoms. The van der Waals surface area contributed by atoms with Gasteiger partial charge in [0.2, 0.25) is 5.91 Å². The third-order valence-electron chi connectivity index (χ3n) is 3.29. The number of rotatable bonds is 6. The first-order chi connectivity index (χ1) is 10.6. The fraction of sp³-hybridized carbons (Fsp3) is 0.235. The Morgan fingerprint density at radius 2 is 2.05 bits per heavy atom. The van der Waals surface area contributed by atoms with Crippen molar-refractivity contribution in [3.63, 3.8) is 0 Å². The zero-order valence-electron chi connectivity index (χ0n) is 12.3. The molecule has 4 nitrogen and oxygen atoms in total. The van der Waals surface area contributed by atoms with Gasteiger partial charge in [0.15, 0.2) is 11.6 Å². The first kappa shape index (κ1) is 15.8. The lowest BCUT2D eigenvalue weighted by atomic mass is 10.1. The van der Waals surface area contributed by atoms with Gasteiger partial charge in [-0.05, 0) is 30.2 Å². The molecule has 22 heavy (non-hydrogen) atoms. The molecule has 0 heterocycles. The summed E-state index contributed by atoms with van der Waals surface area (Å²) >= 11 is 0. The number of phenolic OH excluding ortho intramolecular Hbond substituents is 1. The van der Waals surface area contributed by atoms with Crippen LogP contribution in [0.4, 0.5) is 4.39 Å². The highest BCUT2D eigenvalue weighted by molar-refractivity contribution is 5.79. The molecule has 0 atom stereocenters. The summed E-state index contributed by atoms with van der Waals surface area (Å²) in [6.45, 7) is 0.432.